The van der Waals surface area contributed by atoms with E-state index in [0.717, 1.165) is 27.9 Å². The van der Waals surface area contributed by atoms with Gasteiger partial charge in [-0.15, -0.1) is 22.0 Å². The lowest BCUT2D eigenvalue weighted by Crippen LogP contribution is -2.25. The van der Waals surface area contributed by atoms with Gasteiger partial charge in [-0.25, -0.2) is 0 Å². The van der Waals surface area contributed by atoms with Crippen molar-refractivity contribution in [3.05, 3.63) is 95.8 Å². The Bertz CT molecular complexity index is 1240. The second-order valence-electron chi connectivity index (χ2n) is 8.04. The van der Waals surface area contributed by atoms with Crippen molar-refractivity contribution in [1.82, 2.24) is 14.8 Å². The number of anilines is 1. The molecule has 1 unspecified atom stereocenters. The summed E-state index contributed by atoms with van der Waals surface area (Å²) in [6, 6.07) is 26.4. The van der Waals surface area contributed by atoms with Crippen LogP contribution >= 0.6 is 23.5 Å². The molecule has 1 heterocycles. The van der Waals surface area contributed by atoms with Gasteiger partial charge in [-0.1, -0.05) is 66.7 Å². The van der Waals surface area contributed by atoms with Crippen molar-refractivity contribution in [3.63, 3.8) is 0 Å². The number of rotatable bonds is 9. The monoisotopic (exact) mass is 488 g/mol. The van der Waals surface area contributed by atoms with Crippen molar-refractivity contribution in [3.8, 4) is 5.69 Å². The third kappa shape index (κ3) is 6.10. The number of carbonyl (C=O) groups is 1. The number of aromatic nitrogens is 3. The summed E-state index contributed by atoms with van der Waals surface area (Å²) in [5.41, 5.74) is 4.15. The molecule has 1 amide bonds. The molecule has 1 aromatic heterocycles. The van der Waals surface area contributed by atoms with Crippen molar-refractivity contribution in [2.24, 2.45) is 0 Å². The van der Waals surface area contributed by atoms with Crippen molar-refractivity contribution in [1.29, 1.82) is 0 Å². The number of nitrogens with zero attached hydrogens (tertiary/aromatic N) is 3. The number of benzene rings is 3. The van der Waals surface area contributed by atoms with E-state index < -0.39 is 0 Å². The van der Waals surface area contributed by atoms with E-state index in [1.807, 2.05) is 68.4 Å². The topological polar surface area (TPSA) is 59.8 Å². The summed E-state index contributed by atoms with van der Waals surface area (Å²) in [6.45, 7) is 6.12. The minimum Gasteiger partial charge on any atom is -0.325 e. The Balaban J connectivity index is 1.56. The summed E-state index contributed by atoms with van der Waals surface area (Å²) in [7, 11) is 0. The summed E-state index contributed by atoms with van der Waals surface area (Å²) in [5, 5.41) is 12.5. The summed E-state index contributed by atoms with van der Waals surface area (Å²) in [6.07, 6.45) is 0.678. The van der Waals surface area contributed by atoms with Crippen LogP contribution in [0.3, 0.4) is 0 Å². The first kappa shape index (κ1) is 24.1. The summed E-state index contributed by atoms with van der Waals surface area (Å²) < 4.78 is 2.06. The molecule has 1 atom stereocenters. The van der Waals surface area contributed by atoms with E-state index in [-0.39, 0.29) is 11.2 Å². The van der Waals surface area contributed by atoms with Crippen LogP contribution in [0.15, 0.2) is 88.9 Å². The van der Waals surface area contributed by atoms with Gasteiger partial charge in [0.25, 0.3) is 0 Å². The highest BCUT2D eigenvalue weighted by Crippen LogP contribution is 2.31. The highest BCUT2D eigenvalue weighted by molar-refractivity contribution is 8.00. The van der Waals surface area contributed by atoms with Crippen LogP contribution in [-0.2, 0) is 10.5 Å². The molecule has 3 aromatic carbocycles. The first-order chi connectivity index (χ1) is 16.5. The van der Waals surface area contributed by atoms with E-state index in [1.165, 1.54) is 22.2 Å². The minimum absolute atomic E-state index is 0.0312. The lowest BCUT2D eigenvalue weighted by atomic mass is 10.2. The van der Waals surface area contributed by atoms with Gasteiger partial charge in [0.15, 0.2) is 5.16 Å². The third-order valence-corrected chi connectivity index (χ3v) is 7.62. The van der Waals surface area contributed by atoms with Crippen LogP contribution in [0, 0.1) is 13.8 Å². The Kier molecular flexibility index (Phi) is 8.08. The number of nitrogens with one attached hydrogen (secondary N) is 1. The summed E-state index contributed by atoms with van der Waals surface area (Å²) >= 11 is 3.18. The molecule has 34 heavy (non-hydrogen) atoms. The maximum absolute atomic E-state index is 13.1. The molecule has 0 saturated carbocycles. The fourth-order valence-corrected chi connectivity index (χ4v) is 5.29. The Morgan fingerprint density at radius 1 is 0.941 bits per heavy atom. The molecule has 0 spiro atoms. The Morgan fingerprint density at radius 3 is 2.41 bits per heavy atom. The molecule has 0 fully saturated rings. The molecule has 0 aliphatic rings. The Hall–Kier alpha value is -3.03. The van der Waals surface area contributed by atoms with Crippen LogP contribution < -0.4 is 5.32 Å². The van der Waals surface area contributed by atoms with E-state index in [9.17, 15) is 4.79 Å². The maximum atomic E-state index is 13.1. The lowest BCUT2D eigenvalue weighted by molar-refractivity contribution is -0.115. The average Bonchev–Trinajstić information content (AvgIpc) is 3.25. The van der Waals surface area contributed by atoms with E-state index >= 15 is 0 Å². The summed E-state index contributed by atoms with van der Waals surface area (Å²) in [4.78, 5) is 14.2. The van der Waals surface area contributed by atoms with Gasteiger partial charge in [0.05, 0.1) is 11.0 Å². The van der Waals surface area contributed by atoms with Crippen LogP contribution in [0.5, 0.6) is 0 Å². The van der Waals surface area contributed by atoms with Crippen LogP contribution in [0.25, 0.3) is 5.69 Å². The van der Waals surface area contributed by atoms with Crippen LogP contribution in [-0.4, -0.2) is 25.9 Å². The van der Waals surface area contributed by atoms with E-state index in [1.54, 1.807) is 11.8 Å². The fraction of sp³-hybridized carbons (Fsp3) is 0.222. The van der Waals surface area contributed by atoms with Gasteiger partial charge in [-0.2, -0.15) is 0 Å². The van der Waals surface area contributed by atoms with Gasteiger partial charge < -0.3 is 5.32 Å². The molecule has 174 valence electrons. The number of aryl methyl sites for hydroxylation is 2. The molecule has 1 N–H and O–H groups in total. The maximum Gasteiger partial charge on any atom is 0.237 e. The second-order valence-corrected chi connectivity index (χ2v) is 10.3. The standard InChI is InChI=1S/C27H28N4OS2/c1-4-24(26(32)28-21-10-8-9-20(3)17-21)34-27-30-29-25(31(27)22-11-6-5-7-12-22)18-33-23-15-13-19(2)14-16-23/h5-17,24H,4,18H2,1-3H3,(H,28,32). The van der Waals surface area contributed by atoms with Crippen molar-refractivity contribution in [2.45, 2.75) is 48.2 Å². The van der Waals surface area contributed by atoms with Crippen molar-refractivity contribution >= 4 is 35.1 Å². The molecule has 0 aliphatic carbocycles. The smallest absolute Gasteiger partial charge is 0.237 e. The van der Waals surface area contributed by atoms with Gasteiger partial charge >= 0.3 is 0 Å². The Morgan fingerprint density at radius 2 is 1.71 bits per heavy atom. The minimum atomic E-state index is -0.287. The van der Waals surface area contributed by atoms with E-state index in [4.69, 9.17) is 0 Å². The molecular weight excluding hydrogens is 460 g/mol. The normalized spacial score (nSPS) is 11.9. The second kappa shape index (κ2) is 11.4. The molecule has 4 aromatic rings. The highest BCUT2D eigenvalue weighted by Gasteiger charge is 2.23. The average molecular weight is 489 g/mol. The van der Waals surface area contributed by atoms with Gasteiger partial charge in [-0.05, 0) is 62.2 Å². The molecule has 7 heteroatoms. The number of thioether (sulfide) groups is 2. The molecule has 4 rings (SSSR count). The number of para-hydroxylation sites is 1. The first-order valence-corrected chi connectivity index (χ1v) is 13.1. The summed E-state index contributed by atoms with van der Waals surface area (Å²) in [5.74, 6) is 1.50. The quantitative estimate of drug-likeness (QED) is 0.266. The predicted octanol–water partition coefficient (Wildman–Crippen LogP) is 6.69. The molecule has 0 aliphatic heterocycles. The SMILES string of the molecule is CCC(Sc1nnc(CSc2ccc(C)cc2)n1-c1ccccc1)C(=O)Nc1cccc(C)c1. The number of hydrogen-bond acceptors (Lipinski definition) is 5. The first-order valence-electron chi connectivity index (χ1n) is 11.3. The van der Waals surface area contributed by atoms with E-state index in [2.05, 4.69) is 51.3 Å². The predicted molar refractivity (Wildman–Crippen MR) is 142 cm³/mol. The number of amides is 1. The number of carbonyl (C=O) groups excluding carboxylic acids is 1. The fourth-order valence-electron chi connectivity index (χ4n) is 3.48. The molecule has 0 bridgehead atoms. The molecular formula is C27H28N4OS2. The molecule has 0 radical (unpaired) electrons. The van der Waals surface area contributed by atoms with Gasteiger partial charge in [-0.3, -0.25) is 9.36 Å². The zero-order valence-electron chi connectivity index (χ0n) is 19.6. The lowest BCUT2D eigenvalue weighted by Gasteiger charge is -2.16. The van der Waals surface area contributed by atoms with Crippen LogP contribution in [0.4, 0.5) is 5.69 Å². The molecule has 0 saturated heterocycles. The zero-order valence-corrected chi connectivity index (χ0v) is 21.2. The van der Waals surface area contributed by atoms with Crippen LogP contribution in [0.2, 0.25) is 0 Å². The highest BCUT2D eigenvalue weighted by atomic mass is 32.2. The third-order valence-electron chi connectivity index (χ3n) is 5.30. The van der Waals surface area contributed by atoms with Gasteiger partial charge in [0, 0.05) is 16.3 Å². The largest absolute Gasteiger partial charge is 0.325 e. The number of hydrogen-bond donors (Lipinski definition) is 1. The molecule has 5 nitrogen and oxygen atoms in total. The van der Waals surface area contributed by atoms with Crippen LogP contribution in [0.1, 0.15) is 30.3 Å². The van der Waals surface area contributed by atoms with Crippen molar-refractivity contribution < 1.29 is 4.79 Å². The van der Waals surface area contributed by atoms with Crippen molar-refractivity contribution in [2.75, 3.05) is 5.32 Å². The Labute approximate surface area is 209 Å². The van der Waals surface area contributed by atoms with Gasteiger partial charge in [0.2, 0.25) is 5.91 Å². The zero-order chi connectivity index (χ0) is 23.9. The van der Waals surface area contributed by atoms with E-state index in [0.29, 0.717) is 12.2 Å². The van der Waals surface area contributed by atoms with Gasteiger partial charge in [0.1, 0.15) is 5.82 Å².